The zero-order chi connectivity index (χ0) is 21.1. The van der Waals surface area contributed by atoms with Gasteiger partial charge in [0.25, 0.3) is 5.91 Å². The number of benzene rings is 1. The molecule has 2 amide bonds. The summed E-state index contributed by atoms with van der Waals surface area (Å²) in [6, 6.07) is 5.00. The summed E-state index contributed by atoms with van der Waals surface area (Å²) in [6.45, 7) is 3.96. The lowest BCUT2D eigenvalue weighted by atomic mass is 10.0. The van der Waals surface area contributed by atoms with Gasteiger partial charge in [0.2, 0.25) is 11.9 Å². The van der Waals surface area contributed by atoms with Crippen molar-refractivity contribution in [1.29, 1.82) is 0 Å². The number of carbonyl (C=O) groups is 2. The van der Waals surface area contributed by atoms with Crippen LogP contribution in [0.3, 0.4) is 0 Å². The van der Waals surface area contributed by atoms with Gasteiger partial charge >= 0.3 is 0 Å². The van der Waals surface area contributed by atoms with E-state index < -0.39 is 17.9 Å². The first kappa shape index (κ1) is 20.1. The van der Waals surface area contributed by atoms with Crippen molar-refractivity contribution in [2.24, 2.45) is 24.4 Å². The average Bonchev–Trinajstić information content (AvgIpc) is 3.03. The highest BCUT2D eigenvalue weighted by Crippen LogP contribution is 2.27. The smallest absolute Gasteiger partial charge is 0.254 e. The summed E-state index contributed by atoms with van der Waals surface area (Å²) in [5.41, 5.74) is 12.7. The molecule has 0 saturated heterocycles. The molecule has 0 fully saturated rings. The van der Waals surface area contributed by atoms with E-state index in [-0.39, 0.29) is 23.2 Å². The standard InChI is InChI=1S/C19H24N8O2/c1-10(2)7-14(17(21)29)25-19-22-8-12(16(20)28)18(26-19)24-13-5-4-6-15-11(13)9-23-27(15)3/h4-6,8-10,14H,7H2,1-3H3,(H2,20,28)(H2,21,29)(H2,22,24,25,26)/t14-/m1/s1. The fraction of sp³-hybridized carbons (Fsp3) is 0.316. The molecule has 0 aliphatic carbocycles. The second-order valence-corrected chi connectivity index (χ2v) is 7.18. The van der Waals surface area contributed by atoms with Gasteiger partial charge in [-0.2, -0.15) is 10.1 Å². The predicted octanol–water partition coefficient (Wildman–Crippen LogP) is 1.52. The van der Waals surface area contributed by atoms with Gasteiger partial charge in [0.05, 0.1) is 17.4 Å². The van der Waals surface area contributed by atoms with Crippen molar-refractivity contribution in [3.05, 3.63) is 36.2 Å². The molecule has 0 bridgehead atoms. The van der Waals surface area contributed by atoms with Gasteiger partial charge in [-0.3, -0.25) is 14.3 Å². The Morgan fingerprint density at radius 1 is 1.21 bits per heavy atom. The van der Waals surface area contributed by atoms with Crippen molar-refractivity contribution < 1.29 is 9.59 Å². The Morgan fingerprint density at radius 2 is 1.97 bits per heavy atom. The van der Waals surface area contributed by atoms with E-state index >= 15 is 0 Å². The lowest BCUT2D eigenvalue weighted by Gasteiger charge is -2.18. The van der Waals surface area contributed by atoms with E-state index in [1.165, 1.54) is 6.20 Å². The van der Waals surface area contributed by atoms with Crippen LogP contribution in [0.15, 0.2) is 30.6 Å². The third-order valence-corrected chi connectivity index (χ3v) is 4.45. The van der Waals surface area contributed by atoms with Gasteiger partial charge in [0.15, 0.2) is 0 Å². The summed E-state index contributed by atoms with van der Waals surface area (Å²) < 4.78 is 1.74. The maximum atomic E-state index is 11.9. The Hall–Kier alpha value is -3.69. The first-order chi connectivity index (χ1) is 13.8. The number of nitrogens with zero attached hydrogens (tertiary/aromatic N) is 4. The average molecular weight is 396 g/mol. The van der Waals surface area contributed by atoms with Crippen LogP contribution in [0.1, 0.15) is 30.6 Å². The topological polar surface area (TPSA) is 154 Å². The summed E-state index contributed by atoms with van der Waals surface area (Å²) in [6.07, 6.45) is 3.55. The first-order valence-corrected chi connectivity index (χ1v) is 9.16. The van der Waals surface area contributed by atoms with Gasteiger partial charge in [0, 0.05) is 18.6 Å². The summed E-state index contributed by atoms with van der Waals surface area (Å²) in [4.78, 5) is 32.1. The van der Waals surface area contributed by atoms with Crippen LogP contribution in [0.5, 0.6) is 0 Å². The second-order valence-electron chi connectivity index (χ2n) is 7.18. The Bertz CT molecular complexity index is 1060. The molecule has 2 aromatic heterocycles. The lowest BCUT2D eigenvalue weighted by molar-refractivity contribution is -0.119. The third kappa shape index (κ3) is 4.42. The number of nitrogens with one attached hydrogen (secondary N) is 2. The number of aryl methyl sites for hydroxylation is 1. The highest BCUT2D eigenvalue weighted by atomic mass is 16.1. The van der Waals surface area contributed by atoms with Gasteiger partial charge < -0.3 is 22.1 Å². The van der Waals surface area contributed by atoms with E-state index in [4.69, 9.17) is 11.5 Å². The minimum atomic E-state index is -0.675. The van der Waals surface area contributed by atoms with Crippen molar-refractivity contribution in [2.45, 2.75) is 26.3 Å². The van der Waals surface area contributed by atoms with Crippen LogP contribution in [0.2, 0.25) is 0 Å². The van der Waals surface area contributed by atoms with Crippen LogP contribution in [0, 0.1) is 5.92 Å². The monoisotopic (exact) mass is 396 g/mol. The van der Waals surface area contributed by atoms with Crippen molar-refractivity contribution in [1.82, 2.24) is 19.7 Å². The molecule has 2 heterocycles. The molecule has 0 radical (unpaired) electrons. The van der Waals surface area contributed by atoms with Crippen LogP contribution in [-0.4, -0.2) is 37.6 Å². The molecule has 1 atom stereocenters. The number of aromatic nitrogens is 4. The number of carbonyl (C=O) groups excluding carboxylic acids is 2. The molecule has 152 valence electrons. The summed E-state index contributed by atoms with van der Waals surface area (Å²) in [5, 5.41) is 11.2. The fourth-order valence-corrected chi connectivity index (χ4v) is 3.01. The summed E-state index contributed by atoms with van der Waals surface area (Å²) >= 11 is 0. The molecule has 3 aromatic rings. The molecule has 29 heavy (non-hydrogen) atoms. The minimum Gasteiger partial charge on any atom is -0.368 e. The van der Waals surface area contributed by atoms with Gasteiger partial charge in [-0.15, -0.1) is 0 Å². The van der Waals surface area contributed by atoms with Gasteiger partial charge in [-0.1, -0.05) is 19.9 Å². The molecule has 10 nitrogen and oxygen atoms in total. The fourth-order valence-electron chi connectivity index (χ4n) is 3.01. The van der Waals surface area contributed by atoms with Crippen LogP contribution >= 0.6 is 0 Å². The van der Waals surface area contributed by atoms with Gasteiger partial charge in [-0.25, -0.2) is 4.98 Å². The number of hydrogen-bond acceptors (Lipinski definition) is 7. The van der Waals surface area contributed by atoms with Crippen LogP contribution < -0.4 is 22.1 Å². The quantitative estimate of drug-likeness (QED) is 0.450. The first-order valence-electron chi connectivity index (χ1n) is 9.16. The molecule has 0 aliphatic heterocycles. The third-order valence-electron chi connectivity index (χ3n) is 4.45. The number of nitrogens with two attached hydrogens (primary N) is 2. The number of hydrogen-bond donors (Lipinski definition) is 4. The molecule has 0 unspecified atom stereocenters. The van der Waals surface area contributed by atoms with Crippen molar-refractivity contribution in [3.63, 3.8) is 0 Å². The van der Waals surface area contributed by atoms with Crippen LogP contribution in [-0.2, 0) is 11.8 Å². The van der Waals surface area contributed by atoms with E-state index in [0.29, 0.717) is 12.1 Å². The molecule has 6 N–H and O–H groups in total. The molecule has 0 aliphatic rings. The molecular weight excluding hydrogens is 372 g/mol. The normalized spacial score (nSPS) is 12.1. The largest absolute Gasteiger partial charge is 0.368 e. The molecule has 3 rings (SSSR count). The van der Waals surface area contributed by atoms with Gasteiger partial charge in [-0.05, 0) is 24.5 Å². The van der Waals surface area contributed by atoms with Crippen molar-refractivity contribution in [3.8, 4) is 0 Å². The Kier molecular flexibility index (Phi) is 5.62. The number of rotatable bonds is 8. The van der Waals surface area contributed by atoms with E-state index in [9.17, 15) is 9.59 Å². The Morgan fingerprint density at radius 3 is 2.62 bits per heavy atom. The zero-order valence-corrected chi connectivity index (χ0v) is 16.5. The van der Waals surface area contributed by atoms with Gasteiger partial charge in [0.1, 0.15) is 17.4 Å². The molecule has 1 aromatic carbocycles. The maximum Gasteiger partial charge on any atom is 0.254 e. The van der Waals surface area contributed by atoms with E-state index in [1.54, 1.807) is 10.9 Å². The Balaban J connectivity index is 1.97. The highest BCUT2D eigenvalue weighted by molar-refractivity contribution is 6.00. The highest BCUT2D eigenvalue weighted by Gasteiger charge is 2.20. The molecular formula is C19H24N8O2. The number of amides is 2. The van der Waals surface area contributed by atoms with E-state index in [1.807, 2.05) is 39.1 Å². The SMILES string of the molecule is CC(C)C[C@@H](Nc1ncc(C(N)=O)c(Nc2cccc3c2cnn3C)n1)C(N)=O. The van der Waals surface area contributed by atoms with Crippen LogP contribution in [0.25, 0.3) is 10.9 Å². The molecule has 10 heteroatoms. The number of anilines is 3. The molecule has 0 saturated carbocycles. The van der Waals surface area contributed by atoms with E-state index in [0.717, 1.165) is 10.9 Å². The van der Waals surface area contributed by atoms with Crippen LogP contribution in [0.4, 0.5) is 17.5 Å². The zero-order valence-electron chi connectivity index (χ0n) is 16.5. The lowest BCUT2D eigenvalue weighted by Crippen LogP contribution is -2.37. The van der Waals surface area contributed by atoms with E-state index in [2.05, 4.69) is 25.7 Å². The molecule has 0 spiro atoms. The predicted molar refractivity (Wildman–Crippen MR) is 111 cm³/mol. The summed E-state index contributed by atoms with van der Waals surface area (Å²) in [7, 11) is 1.84. The van der Waals surface area contributed by atoms with Crippen molar-refractivity contribution in [2.75, 3.05) is 10.6 Å². The van der Waals surface area contributed by atoms with Crippen molar-refractivity contribution >= 4 is 40.2 Å². The minimum absolute atomic E-state index is 0.121. The maximum absolute atomic E-state index is 11.9. The number of fused-ring (bicyclic) bond motifs is 1. The Labute approximate surface area is 167 Å². The summed E-state index contributed by atoms with van der Waals surface area (Å²) in [5.74, 6) is -0.549. The number of primary amides is 2. The second kappa shape index (κ2) is 8.13.